The van der Waals surface area contributed by atoms with Crippen molar-refractivity contribution in [2.45, 2.75) is 31.3 Å². The molecule has 2 fully saturated rings. The molecule has 5 heteroatoms. The highest BCUT2D eigenvalue weighted by Gasteiger charge is 2.48. The van der Waals surface area contributed by atoms with E-state index in [4.69, 9.17) is 11.5 Å². The molecule has 1 saturated heterocycles. The zero-order valence-corrected chi connectivity index (χ0v) is 10.9. The van der Waals surface area contributed by atoms with E-state index in [1.54, 1.807) is 0 Å². The second-order valence-corrected chi connectivity index (χ2v) is 5.74. The summed E-state index contributed by atoms with van der Waals surface area (Å²) in [5.41, 5.74) is 10.9. The Morgan fingerprint density at radius 2 is 2.06 bits per heavy atom. The van der Waals surface area contributed by atoms with Crippen molar-refractivity contribution in [1.82, 2.24) is 9.80 Å². The predicted octanol–water partition coefficient (Wildman–Crippen LogP) is -0.785. The van der Waals surface area contributed by atoms with E-state index in [9.17, 15) is 4.79 Å². The number of carbonyl (C=O) groups excluding carboxylic acids is 1. The quantitative estimate of drug-likeness (QED) is 0.675. The van der Waals surface area contributed by atoms with Crippen LogP contribution < -0.4 is 11.5 Å². The number of likely N-dealkylation sites (N-methyl/N-ethyl adjacent to an activating group) is 1. The number of rotatable bonds is 4. The Morgan fingerprint density at radius 1 is 1.41 bits per heavy atom. The smallest absolute Gasteiger partial charge is 0.239 e. The van der Waals surface area contributed by atoms with Gasteiger partial charge in [0, 0.05) is 32.2 Å². The molecule has 2 rings (SSSR count). The fourth-order valence-corrected chi connectivity index (χ4v) is 2.64. The van der Waals surface area contributed by atoms with Crippen molar-refractivity contribution in [3.63, 3.8) is 0 Å². The molecule has 4 N–H and O–H groups in total. The lowest BCUT2D eigenvalue weighted by Crippen LogP contribution is -2.63. The highest BCUT2D eigenvalue weighted by Crippen LogP contribution is 2.38. The zero-order chi connectivity index (χ0) is 12.6. The summed E-state index contributed by atoms with van der Waals surface area (Å²) >= 11 is 0. The zero-order valence-electron chi connectivity index (χ0n) is 10.9. The van der Waals surface area contributed by atoms with Crippen molar-refractivity contribution in [2.75, 3.05) is 33.2 Å². The Bertz CT molecular complexity index is 305. The first kappa shape index (κ1) is 12.8. The van der Waals surface area contributed by atoms with E-state index in [2.05, 4.69) is 23.8 Å². The Hall–Kier alpha value is -0.650. The van der Waals surface area contributed by atoms with Crippen LogP contribution in [0.1, 0.15) is 19.8 Å². The largest absolute Gasteiger partial charge is 0.368 e. The summed E-state index contributed by atoms with van der Waals surface area (Å²) < 4.78 is 0. The van der Waals surface area contributed by atoms with Crippen molar-refractivity contribution >= 4 is 5.91 Å². The van der Waals surface area contributed by atoms with Crippen molar-refractivity contribution in [3.05, 3.63) is 0 Å². The van der Waals surface area contributed by atoms with Gasteiger partial charge in [-0.2, -0.15) is 0 Å². The van der Waals surface area contributed by atoms with Gasteiger partial charge in [0.05, 0.1) is 0 Å². The molecule has 0 spiro atoms. The molecular formula is C12H24N4O. The lowest BCUT2D eigenvalue weighted by atomic mass is 9.92. The van der Waals surface area contributed by atoms with Crippen LogP contribution in [-0.4, -0.2) is 60.5 Å². The maximum absolute atomic E-state index is 11.6. The second kappa shape index (κ2) is 4.55. The summed E-state index contributed by atoms with van der Waals surface area (Å²) in [4.78, 5) is 16.2. The normalized spacial score (nSPS) is 31.1. The van der Waals surface area contributed by atoms with Crippen LogP contribution in [0.2, 0.25) is 0 Å². The topological polar surface area (TPSA) is 75.6 Å². The lowest BCUT2D eigenvalue weighted by Gasteiger charge is -2.41. The van der Waals surface area contributed by atoms with Gasteiger partial charge >= 0.3 is 0 Å². The van der Waals surface area contributed by atoms with Crippen molar-refractivity contribution in [3.8, 4) is 0 Å². The molecule has 2 aliphatic rings. The van der Waals surface area contributed by atoms with Gasteiger partial charge in [-0.1, -0.05) is 0 Å². The standard InChI is InChI=1S/C12H24N4O/c1-9-7-16(6-5-15(9)2)8-12(14,11(13)17)10-3-4-10/h9-10H,3-8,14H2,1-2H3,(H2,13,17). The minimum atomic E-state index is -0.810. The van der Waals surface area contributed by atoms with Gasteiger partial charge in [0.15, 0.2) is 0 Å². The molecule has 1 amide bonds. The number of hydrogen-bond acceptors (Lipinski definition) is 4. The first-order valence-corrected chi connectivity index (χ1v) is 6.45. The molecular weight excluding hydrogens is 216 g/mol. The number of nitrogens with two attached hydrogens (primary N) is 2. The molecule has 0 aromatic heterocycles. The first-order chi connectivity index (χ1) is 7.93. The number of amides is 1. The molecule has 2 unspecified atom stereocenters. The van der Waals surface area contributed by atoms with Gasteiger partial charge in [0.1, 0.15) is 5.54 Å². The molecule has 1 aliphatic heterocycles. The van der Waals surface area contributed by atoms with E-state index < -0.39 is 5.54 Å². The molecule has 5 nitrogen and oxygen atoms in total. The maximum atomic E-state index is 11.6. The van der Waals surface area contributed by atoms with E-state index in [0.29, 0.717) is 18.5 Å². The lowest BCUT2D eigenvalue weighted by molar-refractivity contribution is -0.125. The van der Waals surface area contributed by atoms with Gasteiger partial charge in [-0.25, -0.2) is 0 Å². The van der Waals surface area contributed by atoms with Gasteiger partial charge in [0.25, 0.3) is 0 Å². The molecule has 1 heterocycles. The summed E-state index contributed by atoms with van der Waals surface area (Å²) in [6.45, 7) is 5.78. The van der Waals surface area contributed by atoms with Crippen LogP contribution in [0.3, 0.4) is 0 Å². The van der Waals surface area contributed by atoms with Crippen LogP contribution >= 0.6 is 0 Å². The van der Waals surface area contributed by atoms with Crippen molar-refractivity contribution in [2.24, 2.45) is 17.4 Å². The molecule has 1 aliphatic carbocycles. The van der Waals surface area contributed by atoms with E-state index >= 15 is 0 Å². The van der Waals surface area contributed by atoms with Crippen LogP contribution in [0, 0.1) is 5.92 Å². The SMILES string of the molecule is CC1CN(CC(N)(C(N)=O)C2CC2)CCN1C. The van der Waals surface area contributed by atoms with Gasteiger partial charge < -0.3 is 16.4 Å². The highest BCUT2D eigenvalue weighted by molar-refractivity contribution is 5.85. The summed E-state index contributed by atoms with van der Waals surface area (Å²) in [5, 5.41) is 0. The van der Waals surface area contributed by atoms with Gasteiger partial charge in [-0.15, -0.1) is 0 Å². The average molecular weight is 240 g/mol. The van der Waals surface area contributed by atoms with Crippen LogP contribution in [0.5, 0.6) is 0 Å². The monoisotopic (exact) mass is 240 g/mol. The van der Waals surface area contributed by atoms with Crippen molar-refractivity contribution < 1.29 is 4.79 Å². The van der Waals surface area contributed by atoms with Crippen LogP contribution in [-0.2, 0) is 4.79 Å². The van der Waals surface area contributed by atoms with Crippen molar-refractivity contribution in [1.29, 1.82) is 0 Å². The summed E-state index contributed by atoms with van der Waals surface area (Å²) in [6.07, 6.45) is 2.09. The van der Waals surface area contributed by atoms with Gasteiger partial charge in [-0.3, -0.25) is 9.69 Å². The number of nitrogens with zero attached hydrogens (tertiary/aromatic N) is 2. The van der Waals surface area contributed by atoms with Crippen LogP contribution in [0.15, 0.2) is 0 Å². The summed E-state index contributed by atoms with van der Waals surface area (Å²) in [7, 11) is 2.13. The minimum absolute atomic E-state index is 0.301. The summed E-state index contributed by atoms with van der Waals surface area (Å²) in [6, 6.07) is 0.514. The molecule has 98 valence electrons. The molecule has 0 radical (unpaired) electrons. The third-order valence-corrected chi connectivity index (χ3v) is 4.29. The maximum Gasteiger partial charge on any atom is 0.239 e. The van der Waals surface area contributed by atoms with Gasteiger partial charge in [0.2, 0.25) is 5.91 Å². The van der Waals surface area contributed by atoms with Crippen LogP contribution in [0.4, 0.5) is 0 Å². The number of piperazine rings is 1. The average Bonchev–Trinajstić information content (AvgIpc) is 3.07. The molecule has 0 aromatic carbocycles. The van der Waals surface area contributed by atoms with E-state index in [1.807, 2.05) is 0 Å². The Kier molecular flexibility index (Phi) is 3.43. The van der Waals surface area contributed by atoms with E-state index in [-0.39, 0.29) is 5.91 Å². The van der Waals surface area contributed by atoms with E-state index in [1.165, 1.54) is 0 Å². The third-order valence-electron chi connectivity index (χ3n) is 4.29. The Balaban J connectivity index is 1.97. The first-order valence-electron chi connectivity index (χ1n) is 6.45. The Morgan fingerprint density at radius 3 is 2.53 bits per heavy atom. The third kappa shape index (κ3) is 2.61. The number of hydrogen-bond donors (Lipinski definition) is 2. The molecule has 0 aromatic rings. The fourth-order valence-electron chi connectivity index (χ4n) is 2.64. The van der Waals surface area contributed by atoms with Gasteiger partial charge in [-0.05, 0) is 32.7 Å². The second-order valence-electron chi connectivity index (χ2n) is 5.74. The summed E-state index contributed by atoms with van der Waals surface area (Å²) in [5.74, 6) is -0.0402. The number of primary amides is 1. The fraction of sp³-hybridized carbons (Fsp3) is 0.917. The molecule has 17 heavy (non-hydrogen) atoms. The van der Waals surface area contributed by atoms with Crippen LogP contribution in [0.25, 0.3) is 0 Å². The van der Waals surface area contributed by atoms with E-state index in [0.717, 1.165) is 32.5 Å². The number of carbonyl (C=O) groups is 1. The predicted molar refractivity (Wildman–Crippen MR) is 67.4 cm³/mol. The molecule has 2 atom stereocenters. The highest BCUT2D eigenvalue weighted by atomic mass is 16.1. The minimum Gasteiger partial charge on any atom is -0.368 e. The molecule has 1 saturated carbocycles. The Labute approximate surface area is 103 Å². The molecule has 0 bridgehead atoms.